The molecule has 0 aromatic heterocycles. The van der Waals surface area contributed by atoms with E-state index in [9.17, 15) is 57.8 Å². The first-order valence-corrected chi connectivity index (χ1v) is 13.2. The number of hydrogen-bond donors (Lipinski definition) is 4. The zero-order chi connectivity index (χ0) is 36.9. The Labute approximate surface area is 270 Å². The summed E-state index contributed by atoms with van der Waals surface area (Å²) < 4.78 is 157. The molecule has 4 rings (SSSR count). The van der Waals surface area contributed by atoms with Gasteiger partial charge in [0.25, 0.3) is 0 Å². The summed E-state index contributed by atoms with van der Waals surface area (Å²) in [4.78, 5) is 0. The van der Waals surface area contributed by atoms with Gasteiger partial charge in [0.15, 0.2) is 46.3 Å². The first-order chi connectivity index (χ1) is 22.0. The Hall–Kier alpha value is -4.30. The summed E-state index contributed by atoms with van der Waals surface area (Å²) in [6.45, 7) is 2.69. The molecule has 48 heavy (non-hydrogen) atoms. The Kier molecular flexibility index (Phi) is 13.1. The third-order valence-corrected chi connectivity index (χ3v) is 6.35. The van der Waals surface area contributed by atoms with Crippen LogP contribution in [0.5, 0.6) is 23.0 Å². The van der Waals surface area contributed by atoms with E-state index >= 15 is 0 Å². The molecule has 0 fully saturated rings. The lowest BCUT2D eigenvalue weighted by Crippen LogP contribution is -2.33. The number of aryl methyl sites for hydroxylation is 2. The highest BCUT2D eigenvalue weighted by Gasteiger charge is 2.34. The molecule has 0 atom stereocenters. The van der Waals surface area contributed by atoms with Crippen LogP contribution in [0, 0.1) is 48.8 Å². The fourth-order valence-electron chi connectivity index (χ4n) is 3.41. The Morgan fingerprint density at radius 1 is 0.542 bits per heavy atom. The van der Waals surface area contributed by atoms with Gasteiger partial charge in [-0.3, -0.25) is 0 Å². The van der Waals surface area contributed by atoms with E-state index in [2.05, 4.69) is 25.4 Å². The second-order valence-electron chi connectivity index (χ2n) is 9.11. The molecule has 0 saturated heterocycles. The second-order valence-corrected chi connectivity index (χ2v) is 9.96. The van der Waals surface area contributed by atoms with Crippen LogP contribution in [0.1, 0.15) is 11.1 Å². The van der Waals surface area contributed by atoms with Crippen LogP contribution in [0.3, 0.4) is 0 Å². The summed E-state index contributed by atoms with van der Waals surface area (Å²) in [5.41, 5.74) is -1.31. The van der Waals surface area contributed by atoms with Crippen molar-refractivity contribution in [2.24, 2.45) is 0 Å². The number of hydrogen-bond acceptors (Lipinski definition) is 6. The van der Waals surface area contributed by atoms with Crippen molar-refractivity contribution in [2.45, 2.75) is 26.6 Å². The number of rotatable bonds is 4. The summed E-state index contributed by atoms with van der Waals surface area (Å²) in [5, 5.41) is 35.7. The van der Waals surface area contributed by atoms with Crippen molar-refractivity contribution in [1.82, 2.24) is 0 Å². The maximum Gasteiger partial charge on any atom is 0.573 e. The van der Waals surface area contributed by atoms with Crippen molar-refractivity contribution in [2.75, 3.05) is 0 Å². The zero-order valence-corrected chi connectivity index (χ0v) is 25.3. The minimum atomic E-state index is -5.16. The number of aromatic hydroxyl groups is 2. The minimum absolute atomic E-state index is 0.0155. The first-order valence-electron chi connectivity index (χ1n) is 12.4. The van der Waals surface area contributed by atoms with E-state index in [0.29, 0.717) is 6.07 Å². The third-order valence-electron chi connectivity index (χ3n) is 5.71. The molecule has 0 spiro atoms. The SMILES string of the molecule is Cc1ccc(-c2ccc(OC(F)(F)F)c(F)c2O)c(F)c1F.Cc1ccc(B(O)O)c(F)c1F.Oc1c(Br)ccc(OC(F)(F)F)c1F. The van der Waals surface area contributed by atoms with E-state index in [0.717, 1.165) is 30.3 Å². The van der Waals surface area contributed by atoms with Gasteiger partial charge in [-0.05, 0) is 65.2 Å². The van der Waals surface area contributed by atoms with Crippen LogP contribution in [-0.4, -0.2) is 40.1 Å². The van der Waals surface area contributed by atoms with Crippen molar-refractivity contribution < 1.29 is 82.4 Å². The molecule has 0 radical (unpaired) electrons. The monoisotopic (exact) mass is 768 g/mol. The van der Waals surface area contributed by atoms with Gasteiger partial charge in [-0.1, -0.05) is 24.3 Å². The molecule has 0 aliphatic rings. The van der Waals surface area contributed by atoms with E-state index in [4.69, 9.17) is 15.2 Å². The average Bonchev–Trinajstić information content (AvgIpc) is 2.97. The van der Waals surface area contributed by atoms with Gasteiger partial charge >= 0.3 is 19.8 Å². The molecule has 260 valence electrons. The number of phenolic OH excluding ortho intramolecular Hbond substituents is 2. The van der Waals surface area contributed by atoms with Crippen LogP contribution in [0.2, 0.25) is 0 Å². The smallest absolute Gasteiger partial charge is 0.504 e. The average molecular weight is 769 g/mol. The van der Waals surface area contributed by atoms with Gasteiger partial charge in [0, 0.05) is 16.6 Å². The molecular weight excluding hydrogens is 751 g/mol. The number of ether oxygens (including phenoxy) is 2. The van der Waals surface area contributed by atoms with Crippen molar-refractivity contribution in [3.05, 3.63) is 99.0 Å². The van der Waals surface area contributed by atoms with Crippen LogP contribution in [0.4, 0.5) is 52.7 Å². The molecular formula is C28H18BBrF12O6. The second kappa shape index (κ2) is 15.7. The summed E-state index contributed by atoms with van der Waals surface area (Å²) in [5.74, 6) is -12.5. The Balaban J connectivity index is 0.000000266. The van der Waals surface area contributed by atoms with Gasteiger partial charge in [-0.15, -0.1) is 26.3 Å². The van der Waals surface area contributed by atoms with Crippen molar-refractivity contribution in [1.29, 1.82) is 0 Å². The van der Waals surface area contributed by atoms with Crippen LogP contribution in [0.15, 0.2) is 53.0 Å². The van der Waals surface area contributed by atoms with E-state index in [1.807, 2.05) is 0 Å². The molecule has 0 heterocycles. The van der Waals surface area contributed by atoms with Crippen LogP contribution in [0.25, 0.3) is 11.1 Å². The van der Waals surface area contributed by atoms with Gasteiger partial charge in [-0.25, -0.2) is 17.6 Å². The highest BCUT2D eigenvalue weighted by atomic mass is 79.9. The lowest BCUT2D eigenvalue weighted by Gasteiger charge is -2.13. The Morgan fingerprint density at radius 2 is 0.958 bits per heavy atom. The largest absolute Gasteiger partial charge is 0.573 e. The quantitative estimate of drug-likeness (QED) is 0.125. The van der Waals surface area contributed by atoms with Crippen molar-refractivity contribution in [3.63, 3.8) is 0 Å². The maximum atomic E-state index is 13.8. The molecule has 6 nitrogen and oxygen atoms in total. The van der Waals surface area contributed by atoms with Gasteiger partial charge in [-0.2, -0.15) is 8.78 Å². The van der Waals surface area contributed by atoms with Crippen LogP contribution in [-0.2, 0) is 0 Å². The molecule has 0 aliphatic heterocycles. The number of benzene rings is 4. The van der Waals surface area contributed by atoms with Crippen molar-refractivity contribution in [3.8, 4) is 34.1 Å². The molecule has 4 aromatic rings. The number of phenols is 2. The molecule has 0 unspecified atom stereocenters. The summed E-state index contributed by atoms with van der Waals surface area (Å²) in [7, 11) is -1.97. The predicted molar refractivity (Wildman–Crippen MR) is 148 cm³/mol. The van der Waals surface area contributed by atoms with Crippen LogP contribution >= 0.6 is 15.9 Å². The van der Waals surface area contributed by atoms with E-state index in [1.165, 1.54) is 26.0 Å². The summed E-state index contributed by atoms with van der Waals surface area (Å²) in [6.07, 6.45) is -10.1. The Bertz CT molecular complexity index is 1770. The first kappa shape index (κ1) is 39.9. The molecule has 0 amide bonds. The highest BCUT2D eigenvalue weighted by Crippen LogP contribution is 2.40. The van der Waals surface area contributed by atoms with E-state index in [-0.39, 0.29) is 15.6 Å². The van der Waals surface area contributed by atoms with Gasteiger partial charge in [0.2, 0.25) is 11.6 Å². The molecule has 20 heteroatoms. The fourth-order valence-corrected chi connectivity index (χ4v) is 3.71. The van der Waals surface area contributed by atoms with Crippen LogP contribution < -0.4 is 14.9 Å². The molecule has 0 aliphatic carbocycles. The molecule has 0 saturated carbocycles. The van der Waals surface area contributed by atoms with E-state index < -0.39 is 94.3 Å². The fraction of sp³-hybridized carbons (Fsp3) is 0.143. The van der Waals surface area contributed by atoms with Gasteiger partial charge in [0.1, 0.15) is 0 Å². The van der Waals surface area contributed by atoms with Crippen molar-refractivity contribution >= 4 is 28.5 Å². The number of alkyl halides is 6. The predicted octanol–water partition coefficient (Wildman–Crippen LogP) is 7.83. The minimum Gasteiger partial charge on any atom is -0.504 e. The maximum absolute atomic E-state index is 13.8. The summed E-state index contributed by atoms with van der Waals surface area (Å²) >= 11 is 2.73. The standard InChI is InChI=1S/C14H8F6O2.C7H7BF2O2.C7H3BrF4O2/c1-6-2-3-7(11(16)10(6)15)8-4-5-9(12(17)13(8)21)22-14(18,19)20;1-4-2-3-5(8(11)12)7(10)6(4)9;8-3-1-2-4(5(9)6(3)13)14-7(10,11)12/h2-5,21H,1H3;2-3,11-12H,1H3;1-2,13H. The lowest BCUT2D eigenvalue weighted by atomic mass is 9.79. The molecule has 4 aromatic carbocycles. The molecule has 0 bridgehead atoms. The Morgan fingerprint density at radius 3 is 1.44 bits per heavy atom. The third kappa shape index (κ3) is 10.4. The van der Waals surface area contributed by atoms with E-state index in [1.54, 1.807) is 0 Å². The normalized spacial score (nSPS) is 11.2. The zero-order valence-electron chi connectivity index (χ0n) is 23.7. The topological polar surface area (TPSA) is 99.4 Å². The number of halogens is 13. The van der Waals surface area contributed by atoms with Gasteiger partial charge in [0.05, 0.1) is 4.47 Å². The summed E-state index contributed by atoms with van der Waals surface area (Å²) in [6, 6.07) is 7.84. The molecule has 4 N–H and O–H groups in total. The lowest BCUT2D eigenvalue weighted by molar-refractivity contribution is -0.276. The highest BCUT2D eigenvalue weighted by molar-refractivity contribution is 9.10. The van der Waals surface area contributed by atoms with Gasteiger partial charge < -0.3 is 29.7 Å².